The van der Waals surface area contributed by atoms with E-state index >= 15 is 0 Å². The van der Waals surface area contributed by atoms with Crippen LogP contribution in [-0.4, -0.2) is 20.3 Å². The first-order chi connectivity index (χ1) is 14.1. The number of hydrogen-bond acceptors (Lipinski definition) is 4. The summed E-state index contributed by atoms with van der Waals surface area (Å²) < 4.78 is 1.56. The minimum atomic E-state index is -0.563. The molecule has 0 bridgehead atoms. The van der Waals surface area contributed by atoms with Crippen molar-refractivity contribution < 1.29 is 9.72 Å². The zero-order chi connectivity index (χ0) is 20.2. The number of imidazole rings is 1. The number of nitro groups is 1. The van der Waals surface area contributed by atoms with E-state index in [-0.39, 0.29) is 17.5 Å². The standard InChI is InChI=1S/C23H19N3O3/c27-21-14-18(12-11-17-7-3-1-4-8-17)13-20(19-9-5-2-6-10-19)23(21)25-15-22(24-16-25)26(28)29/h1-12,14-16,20,23H,13H2/b12-11+/t20-,23+/m1/s1. The van der Waals surface area contributed by atoms with Gasteiger partial charge in [-0.3, -0.25) is 9.36 Å². The van der Waals surface area contributed by atoms with Crippen LogP contribution in [0.2, 0.25) is 0 Å². The van der Waals surface area contributed by atoms with E-state index in [4.69, 9.17) is 0 Å². The molecule has 0 saturated carbocycles. The van der Waals surface area contributed by atoms with Crippen LogP contribution in [0.3, 0.4) is 0 Å². The molecule has 0 N–H and O–H groups in total. The fourth-order valence-corrected chi connectivity index (χ4v) is 3.70. The molecule has 0 amide bonds. The SMILES string of the molecule is O=C1C=C(/C=C/c2ccccc2)C[C@H](c2ccccc2)[C@@H]1n1cnc([N+](=O)[O-])c1. The molecule has 0 fully saturated rings. The summed E-state index contributed by atoms with van der Waals surface area (Å²) in [5, 5.41) is 11.0. The summed E-state index contributed by atoms with van der Waals surface area (Å²) in [6, 6.07) is 19.1. The van der Waals surface area contributed by atoms with Gasteiger partial charge in [0.1, 0.15) is 12.2 Å². The van der Waals surface area contributed by atoms with E-state index in [1.54, 1.807) is 10.6 Å². The molecule has 0 saturated heterocycles. The van der Waals surface area contributed by atoms with Crippen molar-refractivity contribution in [2.45, 2.75) is 18.4 Å². The van der Waals surface area contributed by atoms with Gasteiger partial charge in [0.15, 0.2) is 5.78 Å². The molecule has 1 aromatic heterocycles. The summed E-state index contributed by atoms with van der Waals surface area (Å²) >= 11 is 0. The Morgan fingerprint density at radius 3 is 2.38 bits per heavy atom. The third-order valence-electron chi connectivity index (χ3n) is 5.07. The number of rotatable bonds is 5. The summed E-state index contributed by atoms with van der Waals surface area (Å²) in [4.78, 5) is 27.4. The number of benzene rings is 2. The van der Waals surface area contributed by atoms with Crippen LogP contribution < -0.4 is 0 Å². The molecule has 0 radical (unpaired) electrons. The highest BCUT2D eigenvalue weighted by Crippen LogP contribution is 2.39. The van der Waals surface area contributed by atoms with Crippen molar-refractivity contribution in [3.05, 3.63) is 112 Å². The summed E-state index contributed by atoms with van der Waals surface area (Å²) in [6.45, 7) is 0. The van der Waals surface area contributed by atoms with Crippen molar-refractivity contribution in [1.82, 2.24) is 9.55 Å². The van der Waals surface area contributed by atoms with E-state index in [0.717, 1.165) is 16.7 Å². The Balaban J connectivity index is 1.70. The lowest BCUT2D eigenvalue weighted by Crippen LogP contribution is -2.28. The highest BCUT2D eigenvalue weighted by Gasteiger charge is 2.35. The second kappa shape index (κ2) is 8.06. The van der Waals surface area contributed by atoms with Gasteiger partial charge in [0, 0.05) is 5.92 Å². The summed E-state index contributed by atoms with van der Waals surface area (Å²) in [5.74, 6) is -0.494. The number of hydrogen-bond donors (Lipinski definition) is 0. The molecule has 2 atom stereocenters. The van der Waals surface area contributed by atoms with Crippen molar-refractivity contribution in [3.63, 3.8) is 0 Å². The van der Waals surface area contributed by atoms with Crippen LogP contribution in [0.1, 0.15) is 29.5 Å². The Morgan fingerprint density at radius 2 is 1.72 bits per heavy atom. The number of aromatic nitrogens is 2. The summed E-state index contributed by atoms with van der Waals surface area (Å²) in [6.07, 6.45) is 8.94. The van der Waals surface area contributed by atoms with Crippen molar-refractivity contribution in [2.75, 3.05) is 0 Å². The zero-order valence-electron chi connectivity index (χ0n) is 15.6. The largest absolute Gasteiger partial charge is 0.381 e. The Bertz CT molecular complexity index is 1080. The molecule has 1 heterocycles. The molecule has 144 valence electrons. The Kier molecular flexibility index (Phi) is 5.16. The fourth-order valence-electron chi connectivity index (χ4n) is 3.70. The lowest BCUT2D eigenvalue weighted by Gasteiger charge is -2.30. The molecule has 0 spiro atoms. The first-order valence-corrected chi connectivity index (χ1v) is 9.32. The molecule has 3 aromatic rings. The van der Waals surface area contributed by atoms with Gasteiger partial charge in [-0.1, -0.05) is 72.8 Å². The highest BCUT2D eigenvalue weighted by atomic mass is 16.6. The van der Waals surface area contributed by atoms with Crippen molar-refractivity contribution >= 4 is 17.7 Å². The number of allylic oxidation sites excluding steroid dienone is 3. The monoisotopic (exact) mass is 385 g/mol. The van der Waals surface area contributed by atoms with Crippen LogP contribution in [0.25, 0.3) is 6.08 Å². The maximum Gasteiger partial charge on any atom is 0.381 e. The minimum Gasteiger partial charge on any atom is -0.358 e. The van der Waals surface area contributed by atoms with Crippen LogP contribution in [0.5, 0.6) is 0 Å². The lowest BCUT2D eigenvalue weighted by atomic mass is 9.79. The van der Waals surface area contributed by atoms with Gasteiger partial charge < -0.3 is 10.1 Å². The second-order valence-electron chi connectivity index (χ2n) is 6.97. The smallest absolute Gasteiger partial charge is 0.358 e. The quantitative estimate of drug-likeness (QED) is 0.470. The molecule has 1 aliphatic carbocycles. The van der Waals surface area contributed by atoms with E-state index in [0.29, 0.717) is 6.42 Å². The molecule has 2 aromatic carbocycles. The molecule has 29 heavy (non-hydrogen) atoms. The van der Waals surface area contributed by atoms with E-state index in [2.05, 4.69) is 4.98 Å². The molecule has 4 rings (SSSR count). The predicted molar refractivity (Wildman–Crippen MR) is 110 cm³/mol. The van der Waals surface area contributed by atoms with Gasteiger partial charge in [-0.25, -0.2) is 0 Å². The Labute approximate surface area is 168 Å². The van der Waals surface area contributed by atoms with Crippen LogP contribution in [0.15, 0.2) is 90.9 Å². The number of ketones is 1. The first kappa shape index (κ1) is 18.6. The third kappa shape index (κ3) is 4.06. The van der Waals surface area contributed by atoms with E-state index < -0.39 is 11.0 Å². The van der Waals surface area contributed by atoms with Gasteiger partial charge in [0.2, 0.25) is 6.33 Å². The fraction of sp³-hybridized carbons (Fsp3) is 0.130. The Hall–Kier alpha value is -3.80. The Morgan fingerprint density at radius 1 is 1.03 bits per heavy atom. The van der Waals surface area contributed by atoms with Crippen LogP contribution in [0, 0.1) is 10.1 Å². The van der Waals surface area contributed by atoms with Crippen LogP contribution in [0.4, 0.5) is 5.82 Å². The van der Waals surface area contributed by atoms with Gasteiger partial charge in [0.05, 0.1) is 0 Å². The number of carbonyl (C=O) groups excluding carboxylic acids is 1. The number of nitrogens with zero attached hydrogens (tertiary/aromatic N) is 3. The van der Waals surface area contributed by atoms with E-state index in [1.165, 1.54) is 12.5 Å². The molecule has 0 unspecified atom stereocenters. The van der Waals surface area contributed by atoms with E-state index in [1.807, 2.05) is 72.8 Å². The average molecular weight is 385 g/mol. The summed E-state index contributed by atoms with van der Waals surface area (Å²) in [5.41, 5.74) is 3.00. The van der Waals surface area contributed by atoms with Gasteiger partial charge in [-0.2, -0.15) is 0 Å². The first-order valence-electron chi connectivity index (χ1n) is 9.32. The van der Waals surface area contributed by atoms with Gasteiger partial charge >= 0.3 is 5.82 Å². The second-order valence-corrected chi connectivity index (χ2v) is 6.97. The molecular formula is C23H19N3O3. The van der Waals surface area contributed by atoms with Crippen molar-refractivity contribution in [3.8, 4) is 0 Å². The maximum absolute atomic E-state index is 13.1. The van der Waals surface area contributed by atoms with Crippen molar-refractivity contribution in [1.29, 1.82) is 0 Å². The van der Waals surface area contributed by atoms with Crippen molar-refractivity contribution in [2.24, 2.45) is 0 Å². The van der Waals surface area contributed by atoms with Gasteiger partial charge in [0.25, 0.3) is 0 Å². The molecule has 0 aliphatic heterocycles. The topological polar surface area (TPSA) is 78.0 Å². The average Bonchev–Trinajstić information content (AvgIpc) is 3.23. The highest BCUT2D eigenvalue weighted by molar-refractivity contribution is 5.96. The van der Waals surface area contributed by atoms with Crippen LogP contribution >= 0.6 is 0 Å². The maximum atomic E-state index is 13.1. The summed E-state index contributed by atoms with van der Waals surface area (Å²) in [7, 11) is 0. The van der Waals surface area contributed by atoms with Crippen LogP contribution in [-0.2, 0) is 4.79 Å². The molecule has 6 nitrogen and oxygen atoms in total. The molecule has 1 aliphatic rings. The minimum absolute atomic E-state index is 0.0925. The number of carbonyl (C=O) groups is 1. The normalized spacial score (nSPS) is 19.3. The van der Waals surface area contributed by atoms with E-state index in [9.17, 15) is 14.9 Å². The third-order valence-corrected chi connectivity index (χ3v) is 5.07. The lowest BCUT2D eigenvalue weighted by molar-refractivity contribution is -0.389. The predicted octanol–water partition coefficient (Wildman–Crippen LogP) is 4.73. The van der Waals surface area contributed by atoms with Gasteiger partial charge in [-0.05, 0) is 39.1 Å². The zero-order valence-corrected chi connectivity index (χ0v) is 15.6. The van der Waals surface area contributed by atoms with Gasteiger partial charge in [-0.15, -0.1) is 0 Å². The molecule has 6 heteroatoms. The molecular weight excluding hydrogens is 366 g/mol.